The molecule has 0 saturated heterocycles. The molecule has 2 aliphatic carbocycles. The van der Waals surface area contributed by atoms with Gasteiger partial charge in [0.05, 0.1) is 12.0 Å². The van der Waals surface area contributed by atoms with E-state index >= 15 is 0 Å². The lowest BCUT2D eigenvalue weighted by Gasteiger charge is -2.30. The van der Waals surface area contributed by atoms with E-state index in [9.17, 15) is 22.8 Å². The zero-order valence-corrected chi connectivity index (χ0v) is 10.8. The van der Waals surface area contributed by atoms with E-state index in [2.05, 4.69) is 5.32 Å². The number of carboxylic acid groups (broad SMARTS) is 1. The summed E-state index contributed by atoms with van der Waals surface area (Å²) >= 11 is 0. The first-order chi connectivity index (χ1) is 9.18. The lowest BCUT2D eigenvalue weighted by molar-refractivity contribution is -0.163. The van der Waals surface area contributed by atoms with Crippen LogP contribution < -0.4 is 10.6 Å². The maximum atomic E-state index is 12.7. The minimum atomic E-state index is -4.47. The Hall–Kier alpha value is -1.47. The minimum Gasteiger partial charge on any atom is -0.481 e. The van der Waals surface area contributed by atoms with E-state index in [0.717, 1.165) is 12.8 Å². The smallest absolute Gasteiger partial charge is 0.411 e. The Morgan fingerprint density at radius 1 is 1.05 bits per heavy atom. The van der Waals surface area contributed by atoms with Gasteiger partial charge in [0.25, 0.3) is 0 Å². The molecule has 0 aliphatic heterocycles. The molecule has 0 aromatic heterocycles. The van der Waals surface area contributed by atoms with Crippen LogP contribution in [-0.2, 0) is 4.79 Å². The summed E-state index contributed by atoms with van der Waals surface area (Å²) in [5.41, 5.74) is -3.04. The summed E-state index contributed by atoms with van der Waals surface area (Å²) < 4.78 is 38.2. The van der Waals surface area contributed by atoms with Gasteiger partial charge in [-0.05, 0) is 25.7 Å². The summed E-state index contributed by atoms with van der Waals surface area (Å²) in [7, 11) is 0. The highest BCUT2D eigenvalue weighted by atomic mass is 19.4. The summed E-state index contributed by atoms with van der Waals surface area (Å²) in [6, 6.07) is -0.928. The molecular weight excluding hydrogens is 277 g/mol. The first-order valence-corrected chi connectivity index (χ1v) is 6.57. The van der Waals surface area contributed by atoms with Crippen molar-refractivity contribution in [2.45, 2.75) is 62.2 Å². The van der Waals surface area contributed by atoms with Crippen molar-refractivity contribution < 1.29 is 27.9 Å². The second kappa shape index (κ2) is 4.82. The molecule has 20 heavy (non-hydrogen) atoms. The number of carbonyl (C=O) groups is 2. The average Bonchev–Trinajstić information content (AvgIpc) is 2.92. The number of carboxylic acids is 1. The fraction of sp³-hybridized carbons (Fsp3) is 0.833. The van der Waals surface area contributed by atoms with E-state index in [0.29, 0.717) is 12.8 Å². The molecule has 0 radical (unpaired) electrons. The van der Waals surface area contributed by atoms with E-state index in [4.69, 9.17) is 5.11 Å². The van der Waals surface area contributed by atoms with Gasteiger partial charge in [0.2, 0.25) is 0 Å². The molecule has 0 unspecified atom stereocenters. The first kappa shape index (κ1) is 14.9. The quantitative estimate of drug-likeness (QED) is 0.743. The molecule has 0 heterocycles. The molecule has 2 saturated carbocycles. The number of hydrogen-bond donors (Lipinski definition) is 3. The van der Waals surface area contributed by atoms with Gasteiger partial charge in [-0.2, -0.15) is 13.2 Å². The zero-order valence-electron chi connectivity index (χ0n) is 10.8. The molecule has 0 spiro atoms. The third-order valence-electron chi connectivity index (χ3n) is 4.07. The Kier molecular flexibility index (Phi) is 3.60. The number of hydrogen-bond acceptors (Lipinski definition) is 2. The molecule has 3 N–H and O–H groups in total. The standard InChI is InChI=1S/C12H17F3N2O3/c13-12(14,15)11(5-6-11)17-9(20)16-10(7-8(18)19)3-1-2-4-10/h1-7H2,(H,18,19)(H2,16,17,20). The molecule has 5 nitrogen and oxygen atoms in total. The summed E-state index contributed by atoms with van der Waals surface area (Å²) in [4.78, 5) is 22.6. The van der Waals surface area contributed by atoms with Crippen LogP contribution in [0.15, 0.2) is 0 Å². The molecule has 0 aromatic carbocycles. The monoisotopic (exact) mass is 294 g/mol. The molecule has 2 amide bonds. The van der Waals surface area contributed by atoms with E-state index in [1.54, 1.807) is 0 Å². The SMILES string of the molecule is O=C(O)CC1(NC(=O)NC2(C(F)(F)F)CC2)CCCC1. The second-order valence-corrected chi connectivity index (χ2v) is 5.72. The van der Waals surface area contributed by atoms with Gasteiger partial charge < -0.3 is 15.7 Å². The molecule has 8 heteroatoms. The van der Waals surface area contributed by atoms with Gasteiger partial charge in [-0.25, -0.2) is 4.79 Å². The number of urea groups is 1. The maximum absolute atomic E-state index is 12.7. The number of aliphatic carboxylic acids is 1. The van der Waals surface area contributed by atoms with Crippen molar-refractivity contribution in [3.8, 4) is 0 Å². The van der Waals surface area contributed by atoms with Crippen molar-refractivity contribution in [2.24, 2.45) is 0 Å². The molecular formula is C12H17F3N2O3. The topological polar surface area (TPSA) is 78.4 Å². The van der Waals surface area contributed by atoms with Crippen molar-refractivity contribution in [1.29, 1.82) is 0 Å². The molecule has 2 fully saturated rings. The fourth-order valence-corrected chi connectivity index (χ4v) is 2.78. The van der Waals surface area contributed by atoms with Crippen LogP contribution in [-0.4, -0.2) is 34.4 Å². The number of carbonyl (C=O) groups excluding carboxylic acids is 1. The molecule has 0 bridgehead atoms. The molecule has 0 aromatic rings. The normalized spacial score (nSPS) is 23.1. The van der Waals surface area contributed by atoms with E-state index < -0.39 is 29.3 Å². The average molecular weight is 294 g/mol. The van der Waals surface area contributed by atoms with Gasteiger partial charge in [0.1, 0.15) is 5.54 Å². The highest BCUT2D eigenvalue weighted by molar-refractivity contribution is 5.78. The maximum Gasteiger partial charge on any atom is 0.411 e. The number of nitrogens with one attached hydrogen (secondary N) is 2. The minimum absolute atomic E-state index is 0.129. The number of halogens is 3. The van der Waals surface area contributed by atoms with Crippen molar-refractivity contribution in [3.63, 3.8) is 0 Å². The van der Waals surface area contributed by atoms with Crippen LogP contribution in [0.25, 0.3) is 0 Å². The van der Waals surface area contributed by atoms with Crippen LogP contribution >= 0.6 is 0 Å². The summed E-state index contributed by atoms with van der Waals surface area (Å²) in [6.07, 6.45) is -2.52. The van der Waals surface area contributed by atoms with Crippen LogP contribution in [0, 0.1) is 0 Å². The second-order valence-electron chi connectivity index (χ2n) is 5.72. The summed E-state index contributed by atoms with van der Waals surface area (Å²) in [5, 5.41) is 13.3. The predicted octanol–water partition coefficient (Wildman–Crippen LogP) is 2.17. The third-order valence-corrected chi connectivity index (χ3v) is 4.07. The Bertz CT molecular complexity index is 413. The lowest BCUT2D eigenvalue weighted by Crippen LogP contribution is -2.57. The highest BCUT2D eigenvalue weighted by Crippen LogP contribution is 2.49. The lowest BCUT2D eigenvalue weighted by atomic mass is 9.93. The van der Waals surface area contributed by atoms with Gasteiger partial charge in [-0.1, -0.05) is 12.8 Å². The van der Waals surface area contributed by atoms with Gasteiger partial charge in [0.15, 0.2) is 0 Å². The van der Waals surface area contributed by atoms with Crippen molar-refractivity contribution in [3.05, 3.63) is 0 Å². The Morgan fingerprint density at radius 3 is 2.00 bits per heavy atom. The summed E-state index contributed by atoms with van der Waals surface area (Å²) in [5.74, 6) is -1.07. The Labute approximate surface area is 113 Å². The van der Waals surface area contributed by atoms with E-state index in [-0.39, 0.29) is 19.3 Å². The molecule has 114 valence electrons. The van der Waals surface area contributed by atoms with Gasteiger partial charge in [-0.3, -0.25) is 4.79 Å². The Balaban J connectivity index is 1.98. The Morgan fingerprint density at radius 2 is 1.60 bits per heavy atom. The summed E-state index contributed by atoms with van der Waals surface area (Å²) in [6.45, 7) is 0. The van der Waals surface area contributed by atoms with Crippen molar-refractivity contribution >= 4 is 12.0 Å². The third kappa shape index (κ3) is 2.99. The zero-order chi connectivity index (χ0) is 15.0. The van der Waals surface area contributed by atoms with Gasteiger partial charge in [0, 0.05) is 0 Å². The van der Waals surface area contributed by atoms with Crippen LogP contribution in [0.2, 0.25) is 0 Å². The number of amides is 2. The van der Waals surface area contributed by atoms with Crippen LogP contribution in [0.4, 0.5) is 18.0 Å². The van der Waals surface area contributed by atoms with E-state index in [1.165, 1.54) is 0 Å². The van der Waals surface area contributed by atoms with Crippen molar-refractivity contribution in [1.82, 2.24) is 10.6 Å². The van der Waals surface area contributed by atoms with Crippen LogP contribution in [0.5, 0.6) is 0 Å². The number of alkyl halides is 3. The predicted molar refractivity (Wildman–Crippen MR) is 63.1 cm³/mol. The fourth-order valence-electron chi connectivity index (χ4n) is 2.78. The molecule has 0 atom stereocenters. The van der Waals surface area contributed by atoms with E-state index in [1.807, 2.05) is 5.32 Å². The van der Waals surface area contributed by atoms with Gasteiger partial charge >= 0.3 is 18.2 Å². The first-order valence-electron chi connectivity index (χ1n) is 6.57. The van der Waals surface area contributed by atoms with Gasteiger partial charge in [-0.15, -0.1) is 0 Å². The molecule has 2 aliphatic rings. The molecule has 2 rings (SSSR count). The van der Waals surface area contributed by atoms with Crippen LogP contribution in [0.1, 0.15) is 44.9 Å². The largest absolute Gasteiger partial charge is 0.481 e. The highest BCUT2D eigenvalue weighted by Gasteiger charge is 2.64. The van der Waals surface area contributed by atoms with Crippen LogP contribution in [0.3, 0.4) is 0 Å². The van der Waals surface area contributed by atoms with Crippen molar-refractivity contribution in [2.75, 3.05) is 0 Å². The number of rotatable bonds is 4.